The first-order chi connectivity index (χ1) is 13.2. The Morgan fingerprint density at radius 1 is 1.11 bits per heavy atom. The molecule has 1 saturated heterocycles. The summed E-state index contributed by atoms with van der Waals surface area (Å²) in [5.41, 5.74) is 1.98. The van der Waals surface area contributed by atoms with Crippen molar-refractivity contribution in [1.29, 1.82) is 0 Å². The number of amides is 1. The van der Waals surface area contributed by atoms with Gasteiger partial charge in [-0.1, -0.05) is 30.3 Å². The number of rotatable bonds is 5. The number of H-pyrrole nitrogens is 1. The lowest BCUT2D eigenvalue weighted by atomic mass is 9.97. The van der Waals surface area contributed by atoms with Gasteiger partial charge in [-0.15, -0.1) is 0 Å². The molecule has 1 fully saturated rings. The third kappa shape index (κ3) is 3.96. The van der Waals surface area contributed by atoms with Gasteiger partial charge in [0.2, 0.25) is 0 Å². The number of carbonyl (C=O) groups excluding carboxylic acids is 1. The van der Waals surface area contributed by atoms with E-state index in [0.717, 1.165) is 11.4 Å². The summed E-state index contributed by atoms with van der Waals surface area (Å²) in [6, 6.07) is 9.61. The molecule has 1 aromatic heterocycles. The van der Waals surface area contributed by atoms with E-state index in [-0.39, 0.29) is 11.8 Å². The molecule has 28 heavy (non-hydrogen) atoms. The highest BCUT2D eigenvalue weighted by atomic mass is 32.2. The number of hydrogen-bond acceptors (Lipinski definition) is 4. The highest BCUT2D eigenvalue weighted by molar-refractivity contribution is 7.86. The van der Waals surface area contributed by atoms with Gasteiger partial charge in [-0.05, 0) is 12.8 Å². The van der Waals surface area contributed by atoms with Crippen molar-refractivity contribution in [2.75, 3.05) is 41.3 Å². The first-order valence-electron chi connectivity index (χ1n) is 9.26. The molecule has 0 radical (unpaired) electrons. The Balaban J connectivity index is 1.87. The highest BCUT2D eigenvalue weighted by Gasteiger charge is 2.32. The molecule has 0 unspecified atom stereocenters. The van der Waals surface area contributed by atoms with Crippen molar-refractivity contribution in [2.45, 2.75) is 18.8 Å². The SMILES string of the molecule is CN(C)C(=O)c1[nH]c(C2CCN(S(=O)(=O)N(C)C)CC2)nc1-c1ccccc1. The van der Waals surface area contributed by atoms with E-state index in [1.165, 1.54) is 13.5 Å². The summed E-state index contributed by atoms with van der Waals surface area (Å²) in [5.74, 6) is 0.691. The van der Waals surface area contributed by atoms with Gasteiger partial charge in [0, 0.05) is 52.8 Å². The molecular formula is C19H27N5O3S. The molecule has 2 heterocycles. The number of carbonyl (C=O) groups is 1. The van der Waals surface area contributed by atoms with Gasteiger partial charge < -0.3 is 9.88 Å². The van der Waals surface area contributed by atoms with Gasteiger partial charge in [-0.25, -0.2) is 4.98 Å². The summed E-state index contributed by atoms with van der Waals surface area (Å²) in [4.78, 5) is 22.2. The topological polar surface area (TPSA) is 89.6 Å². The first-order valence-corrected chi connectivity index (χ1v) is 10.7. The predicted molar refractivity (Wildman–Crippen MR) is 108 cm³/mol. The van der Waals surface area contributed by atoms with Crippen LogP contribution >= 0.6 is 0 Å². The molecule has 1 N–H and O–H groups in total. The van der Waals surface area contributed by atoms with Crippen LogP contribution in [0.3, 0.4) is 0 Å². The zero-order valence-corrected chi connectivity index (χ0v) is 17.5. The molecule has 8 nitrogen and oxygen atoms in total. The third-order valence-electron chi connectivity index (χ3n) is 5.02. The van der Waals surface area contributed by atoms with Crippen molar-refractivity contribution in [3.63, 3.8) is 0 Å². The zero-order valence-electron chi connectivity index (χ0n) is 16.7. The summed E-state index contributed by atoms with van der Waals surface area (Å²) in [6.07, 6.45) is 1.31. The van der Waals surface area contributed by atoms with E-state index >= 15 is 0 Å². The van der Waals surface area contributed by atoms with Gasteiger partial charge in [0.25, 0.3) is 16.1 Å². The second-order valence-corrected chi connectivity index (χ2v) is 9.52. The lowest BCUT2D eigenvalue weighted by molar-refractivity contribution is 0.0823. The first kappa shape index (κ1) is 20.5. The van der Waals surface area contributed by atoms with E-state index in [2.05, 4.69) is 4.98 Å². The summed E-state index contributed by atoms with van der Waals surface area (Å²) >= 11 is 0. The van der Waals surface area contributed by atoms with E-state index in [4.69, 9.17) is 4.98 Å². The van der Waals surface area contributed by atoms with Crippen molar-refractivity contribution in [2.24, 2.45) is 0 Å². The molecule has 1 aliphatic rings. The van der Waals surface area contributed by atoms with Crippen molar-refractivity contribution < 1.29 is 13.2 Å². The van der Waals surface area contributed by atoms with Crippen LogP contribution in [0.4, 0.5) is 0 Å². The number of piperidine rings is 1. The smallest absolute Gasteiger partial charge is 0.281 e. The largest absolute Gasteiger partial charge is 0.343 e. The molecule has 1 aliphatic heterocycles. The van der Waals surface area contributed by atoms with Gasteiger partial charge in [0.1, 0.15) is 17.2 Å². The van der Waals surface area contributed by atoms with Crippen LogP contribution in [0.25, 0.3) is 11.3 Å². The lowest BCUT2D eigenvalue weighted by Gasteiger charge is -2.32. The number of hydrogen-bond donors (Lipinski definition) is 1. The number of aromatic nitrogens is 2. The van der Waals surface area contributed by atoms with E-state index in [9.17, 15) is 13.2 Å². The maximum atomic E-state index is 12.7. The highest BCUT2D eigenvalue weighted by Crippen LogP contribution is 2.31. The fourth-order valence-electron chi connectivity index (χ4n) is 3.36. The van der Waals surface area contributed by atoms with Crippen molar-refractivity contribution >= 4 is 16.1 Å². The molecule has 2 aromatic rings. The molecule has 0 aliphatic carbocycles. The Hall–Kier alpha value is -2.23. The molecule has 3 rings (SSSR count). The Morgan fingerprint density at radius 3 is 2.25 bits per heavy atom. The Kier molecular flexibility index (Phi) is 5.87. The van der Waals surface area contributed by atoms with Gasteiger partial charge in [-0.3, -0.25) is 4.79 Å². The predicted octanol–water partition coefficient (Wildman–Crippen LogP) is 1.76. The molecule has 0 atom stereocenters. The van der Waals surface area contributed by atoms with Crippen LogP contribution in [-0.2, 0) is 10.2 Å². The van der Waals surface area contributed by atoms with Crippen molar-refractivity contribution in [3.8, 4) is 11.3 Å². The van der Waals surface area contributed by atoms with Gasteiger partial charge in [0.15, 0.2) is 0 Å². The van der Waals surface area contributed by atoms with Crippen LogP contribution in [0.2, 0.25) is 0 Å². The van der Waals surface area contributed by atoms with Crippen LogP contribution in [0.15, 0.2) is 30.3 Å². The Morgan fingerprint density at radius 2 is 1.71 bits per heavy atom. The normalized spacial score (nSPS) is 16.5. The second-order valence-electron chi connectivity index (χ2n) is 7.37. The number of benzene rings is 1. The van der Waals surface area contributed by atoms with E-state index in [1.54, 1.807) is 28.2 Å². The molecular weight excluding hydrogens is 378 g/mol. The van der Waals surface area contributed by atoms with Crippen LogP contribution < -0.4 is 0 Å². The number of aromatic amines is 1. The molecule has 152 valence electrons. The van der Waals surface area contributed by atoms with Crippen LogP contribution in [0.5, 0.6) is 0 Å². The molecule has 1 amide bonds. The van der Waals surface area contributed by atoms with E-state index < -0.39 is 10.2 Å². The number of nitrogens with one attached hydrogen (secondary N) is 1. The minimum absolute atomic E-state index is 0.0831. The Bertz CT molecular complexity index is 930. The second kappa shape index (κ2) is 8.02. The molecule has 0 saturated carbocycles. The number of imidazole rings is 1. The molecule has 0 bridgehead atoms. The van der Waals surface area contributed by atoms with Crippen molar-refractivity contribution in [1.82, 2.24) is 23.5 Å². The maximum absolute atomic E-state index is 12.7. The molecule has 9 heteroatoms. The summed E-state index contributed by atoms with van der Waals surface area (Å²) < 4.78 is 27.4. The van der Waals surface area contributed by atoms with Crippen LogP contribution in [0, 0.1) is 0 Å². The average molecular weight is 406 g/mol. The maximum Gasteiger partial charge on any atom is 0.281 e. The minimum atomic E-state index is -3.40. The summed E-state index contributed by atoms with van der Waals surface area (Å²) in [5, 5.41) is 0. The zero-order chi connectivity index (χ0) is 20.5. The lowest BCUT2D eigenvalue weighted by Crippen LogP contribution is -2.44. The minimum Gasteiger partial charge on any atom is -0.343 e. The quantitative estimate of drug-likeness (QED) is 0.821. The number of nitrogens with zero attached hydrogens (tertiary/aromatic N) is 4. The molecule has 1 aromatic carbocycles. The average Bonchev–Trinajstić information content (AvgIpc) is 3.13. The van der Waals surface area contributed by atoms with Crippen LogP contribution in [-0.4, -0.2) is 79.1 Å². The summed E-state index contributed by atoms with van der Waals surface area (Å²) in [6.45, 7) is 0.868. The van der Waals surface area contributed by atoms with Crippen LogP contribution in [0.1, 0.15) is 35.1 Å². The molecule has 0 spiro atoms. The van der Waals surface area contributed by atoms with Gasteiger partial charge >= 0.3 is 0 Å². The van der Waals surface area contributed by atoms with Gasteiger partial charge in [0.05, 0.1) is 0 Å². The Labute approximate surface area is 166 Å². The fraction of sp³-hybridized carbons (Fsp3) is 0.474. The van der Waals surface area contributed by atoms with E-state index in [1.807, 2.05) is 30.3 Å². The third-order valence-corrected chi connectivity index (χ3v) is 6.96. The van der Waals surface area contributed by atoms with E-state index in [0.29, 0.717) is 37.3 Å². The fourth-order valence-corrected chi connectivity index (χ4v) is 4.49. The standard InChI is InChI=1S/C19H27N5O3S/c1-22(2)19(25)17-16(14-8-6-5-7-9-14)20-18(21-17)15-10-12-24(13-11-15)28(26,27)23(3)4/h5-9,15H,10-13H2,1-4H3,(H,20,21). The summed E-state index contributed by atoms with van der Waals surface area (Å²) in [7, 11) is 3.10. The van der Waals surface area contributed by atoms with Gasteiger partial charge in [-0.2, -0.15) is 17.0 Å². The monoisotopic (exact) mass is 405 g/mol. The van der Waals surface area contributed by atoms with Crippen molar-refractivity contribution in [3.05, 3.63) is 41.9 Å².